The van der Waals surface area contributed by atoms with Gasteiger partial charge in [-0.25, -0.2) is 9.59 Å². The van der Waals surface area contributed by atoms with Gasteiger partial charge >= 0.3 is 11.9 Å². The lowest BCUT2D eigenvalue weighted by atomic mass is 10.3. The molecular formula is C12H14N2O6. The Kier molecular flexibility index (Phi) is 4.34. The van der Waals surface area contributed by atoms with E-state index in [0.717, 1.165) is 12.2 Å². The molecule has 0 spiro atoms. The van der Waals surface area contributed by atoms with Crippen LogP contribution < -0.4 is 10.6 Å². The van der Waals surface area contributed by atoms with Crippen molar-refractivity contribution in [2.24, 2.45) is 0 Å². The fourth-order valence-electron chi connectivity index (χ4n) is 1.84. The molecule has 2 unspecified atom stereocenters. The molecule has 2 N–H and O–H groups in total. The number of rotatable bonds is 4. The van der Waals surface area contributed by atoms with E-state index in [0.29, 0.717) is 25.7 Å². The molecule has 0 radical (unpaired) electrons. The van der Waals surface area contributed by atoms with E-state index in [1.807, 2.05) is 0 Å². The first-order valence-electron chi connectivity index (χ1n) is 6.21. The van der Waals surface area contributed by atoms with Gasteiger partial charge in [-0.3, -0.25) is 9.59 Å². The van der Waals surface area contributed by atoms with Gasteiger partial charge in [0.2, 0.25) is 11.8 Å². The molecule has 20 heavy (non-hydrogen) atoms. The molecule has 2 aliphatic heterocycles. The summed E-state index contributed by atoms with van der Waals surface area (Å²) in [5.74, 6) is -1.85. The normalized spacial score (nSPS) is 25.4. The average Bonchev–Trinajstić information content (AvgIpc) is 2.96. The van der Waals surface area contributed by atoms with E-state index in [9.17, 15) is 19.2 Å². The molecule has 0 saturated carbocycles. The first kappa shape index (κ1) is 14.0. The SMILES string of the molecule is O=C1CCC(OC(=O)/C=C/C(=O)OC2CCC(=O)N2)N1. The molecule has 108 valence electrons. The van der Waals surface area contributed by atoms with Crippen molar-refractivity contribution in [1.29, 1.82) is 0 Å². The number of carbonyl (C=O) groups excluding carboxylic acids is 4. The van der Waals surface area contributed by atoms with Crippen molar-refractivity contribution in [3.63, 3.8) is 0 Å². The second-order valence-corrected chi connectivity index (χ2v) is 4.40. The van der Waals surface area contributed by atoms with Crippen molar-refractivity contribution in [3.8, 4) is 0 Å². The van der Waals surface area contributed by atoms with Gasteiger partial charge in [-0.15, -0.1) is 0 Å². The molecule has 8 heteroatoms. The molecule has 0 aromatic rings. The lowest BCUT2D eigenvalue weighted by Gasteiger charge is -2.10. The van der Waals surface area contributed by atoms with Crippen molar-refractivity contribution in [1.82, 2.24) is 10.6 Å². The van der Waals surface area contributed by atoms with Crippen LogP contribution >= 0.6 is 0 Å². The van der Waals surface area contributed by atoms with Crippen molar-refractivity contribution in [2.45, 2.75) is 38.1 Å². The number of hydrogen-bond acceptors (Lipinski definition) is 6. The third kappa shape index (κ3) is 4.08. The van der Waals surface area contributed by atoms with Gasteiger partial charge in [-0.05, 0) is 0 Å². The summed E-state index contributed by atoms with van der Waals surface area (Å²) in [7, 11) is 0. The zero-order valence-corrected chi connectivity index (χ0v) is 10.6. The highest BCUT2D eigenvalue weighted by Gasteiger charge is 2.24. The van der Waals surface area contributed by atoms with E-state index in [1.165, 1.54) is 0 Å². The Morgan fingerprint density at radius 1 is 0.900 bits per heavy atom. The fraction of sp³-hybridized carbons (Fsp3) is 0.500. The summed E-state index contributed by atoms with van der Waals surface area (Å²) in [5.41, 5.74) is 0. The summed E-state index contributed by atoms with van der Waals surface area (Å²) >= 11 is 0. The molecule has 8 nitrogen and oxygen atoms in total. The molecular weight excluding hydrogens is 268 g/mol. The van der Waals surface area contributed by atoms with Crippen LogP contribution in [0.25, 0.3) is 0 Å². The van der Waals surface area contributed by atoms with Crippen molar-refractivity contribution in [2.75, 3.05) is 0 Å². The predicted octanol–water partition coefficient (Wildman–Crippen LogP) is -0.899. The molecule has 2 aliphatic rings. The van der Waals surface area contributed by atoms with E-state index in [1.54, 1.807) is 0 Å². The summed E-state index contributed by atoms with van der Waals surface area (Å²) in [6, 6.07) is 0. The minimum Gasteiger partial charge on any atom is -0.439 e. The maximum absolute atomic E-state index is 11.4. The van der Waals surface area contributed by atoms with Crippen LogP contribution in [0.15, 0.2) is 12.2 Å². The van der Waals surface area contributed by atoms with Gasteiger partial charge in [0, 0.05) is 37.8 Å². The molecule has 2 rings (SSSR count). The summed E-state index contributed by atoms with van der Waals surface area (Å²) in [6.07, 6.45) is 1.99. The number of nitrogens with one attached hydrogen (secondary N) is 2. The highest BCUT2D eigenvalue weighted by molar-refractivity contribution is 5.92. The summed E-state index contributed by atoms with van der Waals surface area (Å²) in [6.45, 7) is 0. The van der Waals surface area contributed by atoms with Crippen molar-refractivity contribution in [3.05, 3.63) is 12.2 Å². The molecule has 2 heterocycles. The summed E-state index contributed by atoms with van der Waals surface area (Å²) in [4.78, 5) is 44.5. The second kappa shape index (κ2) is 6.18. The Hall–Kier alpha value is -2.38. The van der Waals surface area contributed by atoms with Crippen LogP contribution in [-0.2, 0) is 28.7 Å². The first-order valence-corrected chi connectivity index (χ1v) is 6.21. The monoisotopic (exact) mass is 282 g/mol. The fourth-order valence-corrected chi connectivity index (χ4v) is 1.84. The molecule has 2 saturated heterocycles. The van der Waals surface area contributed by atoms with Gasteiger partial charge in [0.05, 0.1) is 0 Å². The largest absolute Gasteiger partial charge is 0.439 e. The third-order valence-corrected chi connectivity index (χ3v) is 2.78. The van der Waals surface area contributed by atoms with Gasteiger partial charge in [0.25, 0.3) is 0 Å². The smallest absolute Gasteiger partial charge is 0.332 e. The lowest BCUT2D eigenvalue weighted by Crippen LogP contribution is -2.30. The van der Waals surface area contributed by atoms with Crippen LogP contribution in [0.3, 0.4) is 0 Å². The van der Waals surface area contributed by atoms with Gasteiger partial charge in [-0.2, -0.15) is 0 Å². The van der Waals surface area contributed by atoms with Crippen LogP contribution in [0, 0.1) is 0 Å². The van der Waals surface area contributed by atoms with Gasteiger partial charge in [-0.1, -0.05) is 0 Å². The van der Waals surface area contributed by atoms with Gasteiger partial charge in [0.15, 0.2) is 12.5 Å². The number of hydrogen-bond donors (Lipinski definition) is 2. The summed E-state index contributed by atoms with van der Waals surface area (Å²) in [5, 5.41) is 4.91. The minimum atomic E-state index is -0.746. The van der Waals surface area contributed by atoms with Crippen LogP contribution in [0.2, 0.25) is 0 Å². The Balaban J connectivity index is 1.71. The zero-order chi connectivity index (χ0) is 14.5. The van der Waals surface area contributed by atoms with Crippen molar-refractivity contribution >= 4 is 23.8 Å². The van der Waals surface area contributed by atoms with Gasteiger partial charge < -0.3 is 20.1 Å². The molecule has 0 aromatic carbocycles. The van der Waals surface area contributed by atoms with Crippen molar-refractivity contribution < 1.29 is 28.7 Å². The van der Waals surface area contributed by atoms with E-state index < -0.39 is 24.4 Å². The number of esters is 2. The maximum Gasteiger partial charge on any atom is 0.332 e. The molecule has 2 atom stereocenters. The Morgan fingerprint density at radius 3 is 1.60 bits per heavy atom. The van der Waals surface area contributed by atoms with E-state index >= 15 is 0 Å². The molecule has 0 aromatic heterocycles. The first-order chi connectivity index (χ1) is 9.52. The number of carbonyl (C=O) groups is 4. The highest BCUT2D eigenvalue weighted by atomic mass is 16.6. The van der Waals surface area contributed by atoms with Crippen LogP contribution in [0.1, 0.15) is 25.7 Å². The van der Waals surface area contributed by atoms with E-state index in [4.69, 9.17) is 9.47 Å². The maximum atomic E-state index is 11.4. The Morgan fingerprint density at radius 2 is 1.30 bits per heavy atom. The quantitative estimate of drug-likeness (QED) is 0.510. The van der Waals surface area contributed by atoms with E-state index in [-0.39, 0.29) is 11.8 Å². The third-order valence-electron chi connectivity index (χ3n) is 2.78. The predicted molar refractivity (Wildman–Crippen MR) is 63.7 cm³/mol. The Labute approximate surface area is 114 Å². The highest BCUT2D eigenvalue weighted by Crippen LogP contribution is 2.09. The molecule has 0 aliphatic carbocycles. The van der Waals surface area contributed by atoms with E-state index in [2.05, 4.69) is 10.6 Å². The van der Waals surface area contributed by atoms with Gasteiger partial charge in [0.1, 0.15) is 0 Å². The lowest BCUT2D eigenvalue weighted by molar-refractivity contribution is -0.147. The average molecular weight is 282 g/mol. The molecule has 0 bridgehead atoms. The number of amides is 2. The van der Waals surface area contributed by atoms with Crippen LogP contribution in [-0.4, -0.2) is 36.2 Å². The topological polar surface area (TPSA) is 111 Å². The zero-order valence-electron chi connectivity index (χ0n) is 10.6. The van der Waals surface area contributed by atoms with Crippen LogP contribution in [0.5, 0.6) is 0 Å². The molecule has 2 amide bonds. The standard InChI is InChI=1S/C12H14N2O6/c15-7-1-3-9(13-7)19-11(17)5-6-12(18)20-10-4-2-8(16)14-10/h5-6,9-10H,1-4H2,(H,13,15)(H,14,16)/b6-5+. The second-order valence-electron chi connectivity index (χ2n) is 4.40. The van der Waals surface area contributed by atoms with Crippen LogP contribution in [0.4, 0.5) is 0 Å². The summed E-state index contributed by atoms with van der Waals surface area (Å²) < 4.78 is 9.77. The number of ether oxygens (including phenoxy) is 2. The minimum absolute atomic E-state index is 0.178. The Bertz CT molecular complexity index is 431. The molecule has 2 fully saturated rings.